The Morgan fingerprint density at radius 1 is 1.21 bits per heavy atom. The van der Waals surface area contributed by atoms with Crippen LogP contribution in [0.15, 0.2) is 18.2 Å². The van der Waals surface area contributed by atoms with Crippen molar-refractivity contribution in [1.29, 1.82) is 0 Å². The van der Waals surface area contributed by atoms with Crippen LogP contribution in [-0.2, 0) is 5.54 Å². The second-order valence-electron chi connectivity index (χ2n) is 11.4. The number of hydrogen-bond acceptors (Lipinski definition) is 7. The second-order valence-corrected chi connectivity index (χ2v) is 11.4. The molecule has 0 aliphatic heterocycles. The molecule has 3 atom stereocenters. The molecule has 0 amide bonds. The molecule has 1 heterocycles. The van der Waals surface area contributed by atoms with Gasteiger partial charge in [0.15, 0.2) is 17.3 Å². The number of aromatic hydroxyl groups is 1. The van der Waals surface area contributed by atoms with Gasteiger partial charge in [0, 0.05) is 0 Å². The summed E-state index contributed by atoms with van der Waals surface area (Å²) in [4.78, 5) is 0. The highest BCUT2D eigenvalue weighted by Crippen LogP contribution is 2.36. The lowest BCUT2D eigenvalue weighted by molar-refractivity contribution is 0.187. The van der Waals surface area contributed by atoms with Crippen LogP contribution in [0.5, 0.6) is 11.5 Å². The van der Waals surface area contributed by atoms with Crippen LogP contribution < -0.4 is 15.8 Å². The number of nitrogens with zero attached hydrogens (tertiary/aromatic N) is 4. The van der Waals surface area contributed by atoms with Gasteiger partial charge in [-0.1, -0.05) is 33.3 Å². The smallest absolute Gasteiger partial charge is 0.173 e. The molecule has 1 saturated carbocycles. The van der Waals surface area contributed by atoms with E-state index in [2.05, 4.69) is 55.5 Å². The van der Waals surface area contributed by atoms with Crippen LogP contribution in [0.1, 0.15) is 84.2 Å². The van der Waals surface area contributed by atoms with E-state index in [1.54, 1.807) is 19.2 Å². The highest BCUT2D eigenvalue weighted by Gasteiger charge is 2.34. The minimum atomic E-state index is -0.277. The van der Waals surface area contributed by atoms with Gasteiger partial charge in [-0.25, -0.2) is 4.68 Å². The topological polar surface area (TPSA) is 111 Å². The van der Waals surface area contributed by atoms with Crippen LogP contribution in [0.3, 0.4) is 0 Å². The molecule has 184 valence electrons. The van der Waals surface area contributed by atoms with Crippen LogP contribution in [0.25, 0.3) is 0 Å². The van der Waals surface area contributed by atoms with Gasteiger partial charge in [-0.2, -0.15) is 0 Å². The molecule has 1 aliphatic carbocycles. The quantitative estimate of drug-likeness (QED) is 0.521. The predicted octanol–water partition coefficient (Wildman–Crippen LogP) is 4.00. The van der Waals surface area contributed by atoms with Gasteiger partial charge in [-0.05, 0) is 98.0 Å². The SMILES string of the molecule is COc1ccc(C(NCC2CCCC(CN)C2)c2nnnn2C(C)(C)CC(C)(C)C)cc1O. The molecule has 8 heteroatoms. The molecular formula is C25H42N6O2. The van der Waals surface area contributed by atoms with Gasteiger partial charge in [-0.3, -0.25) is 0 Å². The standard InChI is InChI=1S/C25H42N6O2/c1-24(2,3)16-25(4,5)31-23(28-29-30-31)22(19-10-11-21(33-6)20(32)13-19)27-15-18-9-7-8-17(12-18)14-26/h10-11,13,17-18,22,27,32H,7-9,12,14-16,26H2,1-6H3. The van der Waals surface area contributed by atoms with Crippen LogP contribution in [0.2, 0.25) is 0 Å². The fraction of sp³-hybridized carbons (Fsp3) is 0.720. The zero-order valence-electron chi connectivity index (χ0n) is 21.1. The number of nitrogens with one attached hydrogen (secondary N) is 1. The van der Waals surface area contributed by atoms with E-state index in [0.29, 0.717) is 17.6 Å². The Hall–Kier alpha value is -2.19. The summed E-state index contributed by atoms with van der Waals surface area (Å²) in [6.45, 7) is 12.6. The van der Waals surface area contributed by atoms with Crippen LogP contribution in [0.4, 0.5) is 0 Å². The fourth-order valence-electron chi connectivity index (χ4n) is 5.51. The maximum atomic E-state index is 10.5. The number of phenols is 1. The Labute approximate surface area is 198 Å². The van der Waals surface area contributed by atoms with Crippen molar-refractivity contribution >= 4 is 0 Å². The van der Waals surface area contributed by atoms with Gasteiger partial charge in [0.1, 0.15) is 0 Å². The van der Waals surface area contributed by atoms with Gasteiger partial charge < -0.3 is 20.9 Å². The van der Waals surface area contributed by atoms with Crippen molar-refractivity contribution in [2.24, 2.45) is 23.0 Å². The van der Waals surface area contributed by atoms with Crippen molar-refractivity contribution in [3.63, 3.8) is 0 Å². The fourth-order valence-corrected chi connectivity index (χ4v) is 5.51. The van der Waals surface area contributed by atoms with Gasteiger partial charge in [-0.15, -0.1) is 5.10 Å². The van der Waals surface area contributed by atoms with E-state index in [4.69, 9.17) is 10.5 Å². The molecule has 8 nitrogen and oxygen atoms in total. The molecule has 1 aromatic heterocycles. The summed E-state index contributed by atoms with van der Waals surface area (Å²) in [5.41, 5.74) is 6.71. The summed E-state index contributed by atoms with van der Waals surface area (Å²) in [5.74, 6) is 2.47. The molecule has 4 N–H and O–H groups in total. The number of benzene rings is 1. The lowest BCUT2D eigenvalue weighted by Crippen LogP contribution is -2.38. The number of methoxy groups -OCH3 is 1. The Kier molecular flexibility index (Phi) is 8.00. The highest BCUT2D eigenvalue weighted by molar-refractivity contribution is 5.43. The molecule has 3 unspecified atom stereocenters. The maximum Gasteiger partial charge on any atom is 0.173 e. The number of ether oxygens (including phenoxy) is 1. The summed E-state index contributed by atoms with van der Waals surface area (Å²) in [5, 5.41) is 27.1. The van der Waals surface area contributed by atoms with E-state index in [-0.39, 0.29) is 22.7 Å². The zero-order valence-corrected chi connectivity index (χ0v) is 21.1. The Morgan fingerprint density at radius 3 is 2.58 bits per heavy atom. The second kappa shape index (κ2) is 10.4. The molecule has 3 rings (SSSR count). The van der Waals surface area contributed by atoms with E-state index in [1.807, 2.05) is 10.7 Å². The normalized spacial score (nSPS) is 20.6. The Bertz CT molecular complexity index is 905. The number of phenolic OH excluding ortho intramolecular Hbond substituents is 1. The van der Waals surface area contributed by atoms with E-state index in [9.17, 15) is 5.11 Å². The summed E-state index contributed by atoms with van der Waals surface area (Å²) in [6.07, 6.45) is 5.70. The van der Waals surface area contributed by atoms with Crippen molar-refractivity contribution in [3.05, 3.63) is 29.6 Å². The Balaban J connectivity index is 1.93. The molecule has 0 bridgehead atoms. The van der Waals surface area contributed by atoms with Crippen molar-refractivity contribution in [1.82, 2.24) is 25.5 Å². The average molecular weight is 459 g/mol. The Morgan fingerprint density at radius 2 is 1.94 bits per heavy atom. The molecule has 0 radical (unpaired) electrons. The van der Waals surface area contributed by atoms with Crippen molar-refractivity contribution < 1.29 is 9.84 Å². The lowest BCUT2D eigenvalue weighted by atomic mass is 9.81. The summed E-state index contributed by atoms with van der Waals surface area (Å²) in [7, 11) is 1.55. The average Bonchev–Trinajstić information content (AvgIpc) is 3.23. The largest absolute Gasteiger partial charge is 0.504 e. The number of rotatable bonds is 9. The third kappa shape index (κ3) is 6.44. The van der Waals surface area contributed by atoms with E-state index in [0.717, 1.165) is 37.3 Å². The number of hydrogen-bond donors (Lipinski definition) is 3. The number of tetrazole rings is 1. The van der Waals surface area contributed by atoms with Crippen LogP contribution >= 0.6 is 0 Å². The van der Waals surface area contributed by atoms with Crippen molar-refractivity contribution in [2.45, 2.75) is 78.3 Å². The van der Waals surface area contributed by atoms with Gasteiger partial charge >= 0.3 is 0 Å². The molecule has 0 spiro atoms. The molecule has 1 fully saturated rings. The van der Waals surface area contributed by atoms with E-state index >= 15 is 0 Å². The van der Waals surface area contributed by atoms with E-state index < -0.39 is 0 Å². The summed E-state index contributed by atoms with van der Waals surface area (Å²) >= 11 is 0. The maximum absolute atomic E-state index is 10.5. The van der Waals surface area contributed by atoms with Crippen molar-refractivity contribution in [2.75, 3.05) is 20.2 Å². The summed E-state index contributed by atoms with van der Waals surface area (Å²) < 4.78 is 7.20. The predicted molar refractivity (Wildman–Crippen MR) is 130 cm³/mol. The first kappa shape index (κ1) is 25.4. The van der Waals surface area contributed by atoms with E-state index in [1.165, 1.54) is 19.3 Å². The molecule has 1 aliphatic rings. The van der Waals surface area contributed by atoms with Crippen molar-refractivity contribution in [3.8, 4) is 11.5 Å². The number of aromatic nitrogens is 4. The summed E-state index contributed by atoms with van der Waals surface area (Å²) in [6, 6.07) is 5.25. The monoisotopic (exact) mass is 458 g/mol. The van der Waals surface area contributed by atoms with Crippen LogP contribution in [-0.4, -0.2) is 45.5 Å². The first-order valence-corrected chi connectivity index (χ1v) is 12.1. The van der Waals surface area contributed by atoms with Gasteiger partial charge in [0.2, 0.25) is 0 Å². The van der Waals surface area contributed by atoms with Gasteiger partial charge in [0.05, 0.1) is 18.7 Å². The lowest BCUT2D eigenvalue weighted by Gasteiger charge is -2.34. The van der Waals surface area contributed by atoms with Gasteiger partial charge in [0.25, 0.3) is 0 Å². The first-order valence-electron chi connectivity index (χ1n) is 12.1. The number of nitrogens with two attached hydrogens (primary N) is 1. The first-order chi connectivity index (χ1) is 15.5. The molecular weight excluding hydrogens is 416 g/mol. The third-order valence-electron chi connectivity index (χ3n) is 6.66. The molecule has 2 aromatic rings. The van der Waals surface area contributed by atoms with Crippen LogP contribution in [0, 0.1) is 17.3 Å². The molecule has 33 heavy (non-hydrogen) atoms. The highest BCUT2D eigenvalue weighted by atomic mass is 16.5. The molecule has 1 aromatic carbocycles. The zero-order chi connectivity index (χ0) is 24.2. The minimum Gasteiger partial charge on any atom is -0.504 e. The minimum absolute atomic E-state index is 0.107. The molecule has 0 saturated heterocycles. The third-order valence-corrected chi connectivity index (χ3v) is 6.66.